The van der Waals surface area contributed by atoms with Gasteiger partial charge in [-0.2, -0.15) is 0 Å². The number of hydrogen-bond donors (Lipinski definition) is 0. The Balaban J connectivity index is 0.000000232. The number of ether oxygens (including phenoxy) is 1. The van der Waals surface area contributed by atoms with Crippen LogP contribution in [0.15, 0.2) is 194 Å². The quantitative estimate of drug-likeness (QED) is 0.0408. The van der Waals surface area contributed by atoms with Crippen molar-refractivity contribution >= 4 is 137 Å². The van der Waals surface area contributed by atoms with Gasteiger partial charge >= 0.3 is 904 Å². The van der Waals surface area contributed by atoms with Crippen LogP contribution < -0.4 is 38.3 Å². The van der Waals surface area contributed by atoms with E-state index in [1.54, 1.807) is 20.7 Å². The molecule has 0 unspecified atom stereocenters. The molecule has 0 aromatic heterocycles. The second-order valence-electron chi connectivity index (χ2n) is 50.5. The zero-order valence-corrected chi connectivity index (χ0v) is 112. The Hall–Kier alpha value is -6.36. The molecule has 0 aliphatic carbocycles. The molecule has 0 bridgehead atoms. The first-order valence-corrected chi connectivity index (χ1v) is 73.9. The molecule has 772 valence electrons. The normalized spacial score (nSPS) is 12.3. The topological polar surface area (TPSA) is 9.23 Å². The monoisotopic (exact) mass is 2250 g/mol. The molecule has 145 heavy (non-hydrogen) atoms. The molecule has 12 rings (SSSR count). The third-order valence-electron chi connectivity index (χ3n) is 29.6. The minimum Gasteiger partial charge on any atom is -0.382 e. The molecule has 0 atom stereocenters. The largest absolute Gasteiger partial charge is 0.382 e. The summed E-state index contributed by atoms with van der Waals surface area (Å²) in [5.74, 6) is 7.72. The summed E-state index contributed by atoms with van der Waals surface area (Å²) < 4.78 is 10.5. The molecule has 12 radical (unpaired) electrons. The van der Waals surface area contributed by atoms with Gasteiger partial charge < -0.3 is 4.74 Å². The van der Waals surface area contributed by atoms with Crippen LogP contribution in [-0.2, 0) is 4.74 Å². The molecule has 0 fully saturated rings. The Labute approximate surface area is 926 Å². The summed E-state index contributed by atoms with van der Waals surface area (Å²) in [6.07, 6.45) is 0. The fourth-order valence-corrected chi connectivity index (χ4v) is 28.9. The summed E-state index contributed by atoms with van der Waals surface area (Å²) in [4.78, 5) is 0. The maximum absolute atomic E-state index is 4.83. The molecule has 1 nitrogen and oxygen atoms in total. The zero-order chi connectivity index (χ0) is 109. The Morgan fingerprint density at radius 1 is 0.166 bits per heavy atom. The molecule has 0 saturated carbocycles. The molecule has 0 N–H and O–H groups in total. The smallest absolute Gasteiger partial charge is 0.0437 e. The fourth-order valence-electron chi connectivity index (χ4n) is 21.0. The van der Waals surface area contributed by atoms with Gasteiger partial charge in [0.1, 0.15) is 0 Å². The number of hydrogen-bond acceptors (Lipinski definition) is 1. The van der Waals surface area contributed by atoms with E-state index in [1.807, 2.05) is 13.8 Å². The van der Waals surface area contributed by atoms with Crippen LogP contribution in [-0.4, -0.2) is 112 Å². The second-order valence-corrected chi connectivity index (χ2v) is 75.0. The Morgan fingerprint density at radius 3 is 0.303 bits per heavy atom. The maximum Gasteiger partial charge on any atom is 0.0437 e. The third-order valence-corrected chi connectivity index (χ3v) is 42.2. The molecular weight excluding hydrogens is 2050 g/mol. The predicted molar refractivity (Wildman–Crippen MR) is 670 cm³/mol. The van der Waals surface area contributed by atoms with Crippen LogP contribution in [0.25, 0.3) is 89.0 Å². The van der Waals surface area contributed by atoms with Crippen molar-refractivity contribution in [2.75, 3.05) is 13.2 Å². The molecule has 0 amide bonds. The van der Waals surface area contributed by atoms with Gasteiger partial charge in [-0.3, -0.25) is 0 Å². The number of rotatable bonds is 30. The first-order chi connectivity index (χ1) is 67.4. The molecule has 12 aromatic carbocycles. The molecule has 9 heteroatoms. The van der Waals surface area contributed by atoms with Crippen molar-refractivity contribution in [3.8, 4) is 89.0 Å². The summed E-state index contributed by atoms with van der Waals surface area (Å²) in [7, 11) is -6.25. The van der Waals surface area contributed by atoms with E-state index in [-0.39, 0.29) is 0 Å². The van der Waals surface area contributed by atoms with E-state index in [2.05, 4.69) is 560 Å². The van der Waals surface area contributed by atoms with Gasteiger partial charge in [0.2, 0.25) is 0 Å². The SMILES string of the molecule is CC(C)c1cccc(C(C)C)c1-c1cc([Si](C)(C)C)cc(-c2c(C(C)C)cccc2C(C)C)[c]1[Ge].CC(C)c1cccc(C(C)C)c1-c1cc([Si](C)(C)C)cc(-c2c(C(C)C)cccc2C(C)C)[c]1[Ge].CC(C)c1cccc(C(C)C)c1-c1cc([Si](C)(C)C)cc(-c2c(C(C)C)cccc2C(C)C)[c]1[Ge].CC(C)c1cccc(C(C)C)c1-c1cc([Si](C)(C)C)cc(-c2c(C(C)C)cccc2C(C)C)[c]1[Ge].CCOCC. The fraction of sp³-hybridized carbons (Fsp3) is 0.471. The maximum atomic E-state index is 4.83. The van der Waals surface area contributed by atoms with Crippen molar-refractivity contribution in [2.45, 2.75) is 409 Å². The van der Waals surface area contributed by atoms with E-state index < -0.39 is 32.3 Å². The van der Waals surface area contributed by atoms with Gasteiger partial charge in [0.15, 0.2) is 0 Å². The minimum atomic E-state index is -1.56. The van der Waals surface area contributed by atoms with Gasteiger partial charge in [0, 0.05) is 13.2 Å². The molecule has 0 saturated heterocycles. The molecule has 12 aromatic rings. The van der Waals surface area contributed by atoms with Crippen molar-refractivity contribution in [2.24, 2.45) is 0 Å². The predicted octanol–water partition coefficient (Wildman–Crippen LogP) is 36.5. The van der Waals surface area contributed by atoms with Crippen molar-refractivity contribution in [1.82, 2.24) is 0 Å². The van der Waals surface area contributed by atoms with Crippen LogP contribution in [0.3, 0.4) is 0 Å². The molecule has 0 aliphatic heterocycles. The van der Waals surface area contributed by atoms with E-state index in [0.29, 0.717) is 94.7 Å². The average molecular weight is 2240 g/mol. The van der Waals surface area contributed by atoms with E-state index in [9.17, 15) is 0 Å². The molecule has 0 spiro atoms. The Kier molecular flexibility index (Phi) is 45.1. The molecular formula is C136H190Ge4OSi4. The summed E-state index contributed by atoms with van der Waals surface area (Å²) in [6.45, 7) is 110. The summed E-state index contributed by atoms with van der Waals surface area (Å²) >= 11 is 9.50. The first kappa shape index (κ1) is 124. The van der Waals surface area contributed by atoms with Crippen LogP contribution in [0.2, 0.25) is 78.6 Å². The Morgan fingerprint density at radius 2 is 0.248 bits per heavy atom. The molecule has 0 aliphatic rings. The van der Waals surface area contributed by atoms with E-state index in [4.69, 9.17) is 4.74 Å². The van der Waals surface area contributed by atoms with Gasteiger partial charge in [-0.15, -0.1) is 0 Å². The summed E-state index contributed by atoms with van der Waals surface area (Å²) in [5.41, 5.74) is 46.9. The Bertz CT molecular complexity index is 5050. The van der Waals surface area contributed by atoms with Crippen molar-refractivity contribution in [3.63, 3.8) is 0 Å². The third kappa shape index (κ3) is 29.8. The van der Waals surface area contributed by atoms with E-state index in [1.165, 1.54) is 196 Å². The second kappa shape index (κ2) is 52.8. The van der Waals surface area contributed by atoms with Gasteiger partial charge in [0.05, 0.1) is 0 Å². The van der Waals surface area contributed by atoms with Crippen molar-refractivity contribution < 1.29 is 4.74 Å². The van der Waals surface area contributed by atoms with Gasteiger partial charge in [-0.05, 0) is 13.8 Å². The average Bonchev–Trinajstić information content (AvgIpc) is 0.757. The summed E-state index contributed by atoms with van der Waals surface area (Å²) in [6, 6.07) is 76.3. The first-order valence-electron chi connectivity index (χ1n) is 55.7. The van der Waals surface area contributed by atoms with Gasteiger partial charge in [-0.25, -0.2) is 0 Å². The standard InChI is InChI=1S/4C33H45GeSi.C4H10O/c4*1-20(2)25-14-12-15-26(21(3)4)31(25)29-18-24(35(9,10)11)19-30(33(29)34)32-27(22(5)6)16-13-17-28(32)23(7)8;1-3-5-4-2/h4*12-23H,1-11H3;3-4H2,1-2H3. The van der Waals surface area contributed by atoms with Crippen LogP contribution in [0.1, 0.15) is 419 Å². The van der Waals surface area contributed by atoms with Crippen molar-refractivity contribution in [3.05, 3.63) is 283 Å². The molecule has 0 heterocycles. The van der Waals surface area contributed by atoms with Crippen molar-refractivity contribution in [1.29, 1.82) is 0 Å². The zero-order valence-electron chi connectivity index (χ0n) is 99.5. The van der Waals surface area contributed by atoms with Gasteiger partial charge in [0.25, 0.3) is 0 Å². The summed E-state index contributed by atoms with van der Waals surface area (Å²) in [5, 5.41) is 6.20. The van der Waals surface area contributed by atoms with E-state index >= 15 is 0 Å². The van der Waals surface area contributed by atoms with Crippen LogP contribution >= 0.6 is 0 Å². The van der Waals surface area contributed by atoms with E-state index in [0.717, 1.165) is 13.2 Å². The van der Waals surface area contributed by atoms with Gasteiger partial charge in [-0.1, -0.05) is 0 Å². The minimum absolute atomic E-state index is 0.483. The van der Waals surface area contributed by atoms with Crippen LogP contribution in [0.5, 0.6) is 0 Å². The number of benzene rings is 12. The van der Waals surface area contributed by atoms with Crippen LogP contribution in [0.4, 0.5) is 0 Å². The van der Waals surface area contributed by atoms with Crippen LogP contribution in [0, 0.1) is 0 Å².